The molecule has 0 aromatic heterocycles. The van der Waals surface area contributed by atoms with Crippen LogP contribution in [0.3, 0.4) is 0 Å². The van der Waals surface area contributed by atoms with Crippen LogP contribution in [0, 0.1) is 11.6 Å². The Morgan fingerprint density at radius 3 is 2.43 bits per heavy atom. The molecule has 1 heterocycles. The summed E-state index contributed by atoms with van der Waals surface area (Å²) < 4.78 is 39.4. The van der Waals surface area contributed by atoms with Crippen LogP contribution in [0.1, 0.15) is 27.7 Å². The van der Waals surface area contributed by atoms with Gasteiger partial charge in [0, 0.05) is 60.1 Å². The average molecular weight is 528 g/mol. The molecule has 1 saturated heterocycles. The van der Waals surface area contributed by atoms with E-state index < -0.39 is 22.4 Å². The predicted octanol–water partition coefficient (Wildman–Crippen LogP) is 3.22. The van der Waals surface area contributed by atoms with Crippen LogP contribution in [0.15, 0.2) is 23.2 Å². The van der Waals surface area contributed by atoms with E-state index in [1.165, 1.54) is 6.07 Å². The Hall–Kier alpha value is -0.970. The third kappa shape index (κ3) is 7.13. The van der Waals surface area contributed by atoms with Crippen molar-refractivity contribution in [2.45, 2.75) is 32.4 Å². The summed E-state index contributed by atoms with van der Waals surface area (Å²) in [7, 11) is -0.937. The number of rotatable bonds is 5. The molecule has 0 spiro atoms. The minimum absolute atomic E-state index is 0. The van der Waals surface area contributed by atoms with Crippen LogP contribution >= 0.6 is 24.0 Å². The minimum Gasteiger partial charge on any atom is -0.366 e. The third-order valence-corrected chi connectivity index (χ3v) is 6.30. The summed E-state index contributed by atoms with van der Waals surface area (Å²) in [6, 6.07) is 3.54. The lowest BCUT2D eigenvalue weighted by Gasteiger charge is -2.37. The van der Waals surface area contributed by atoms with Crippen molar-refractivity contribution >= 4 is 46.4 Å². The van der Waals surface area contributed by atoms with E-state index in [9.17, 15) is 13.0 Å². The Morgan fingerprint density at radius 1 is 1.21 bits per heavy atom. The highest BCUT2D eigenvalue weighted by molar-refractivity contribution is 14.0. The topological polar surface area (TPSA) is 47.9 Å². The van der Waals surface area contributed by atoms with Gasteiger partial charge in [-0.15, -0.1) is 24.0 Å². The second-order valence-electron chi connectivity index (χ2n) is 7.47. The summed E-state index contributed by atoms with van der Waals surface area (Å²) in [5.41, 5.74) is 0.303. The fraction of sp³-hybridized carbons (Fsp3) is 0.632. The fourth-order valence-electron chi connectivity index (χ4n) is 2.85. The van der Waals surface area contributed by atoms with Crippen molar-refractivity contribution in [1.29, 1.82) is 0 Å². The van der Waals surface area contributed by atoms with Crippen LogP contribution in [0.4, 0.5) is 14.5 Å². The number of anilines is 1. The van der Waals surface area contributed by atoms with E-state index in [1.54, 1.807) is 0 Å². The van der Waals surface area contributed by atoms with Crippen molar-refractivity contribution in [3.8, 4) is 0 Å². The third-order valence-electron chi connectivity index (χ3n) is 4.38. The van der Waals surface area contributed by atoms with E-state index in [4.69, 9.17) is 0 Å². The number of benzene rings is 1. The van der Waals surface area contributed by atoms with Crippen LogP contribution in [0.2, 0.25) is 0 Å². The number of hydrogen-bond acceptors (Lipinski definition) is 3. The van der Waals surface area contributed by atoms with Gasteiger partial charge < -0.3 is 15.1 Å². The predicted molar refractivity (Wildman–Crippen MR) is 124 cm³/mol. The molecule has 1 N–H and O–H groups in total. The largest absolute Gasteiger partial charge is 0.366 e. The normalized spacial score (nSPS) is 16.6. The van der Waals surface area contributed by atoms with Gasteiger partial charge in [-0.25, -0.2) is 8.78 Å². The van der Waals surface area contributed by atoms with E-state index in [-0.39, 0.29) is 28.7 Å². The maximum absolute atomic E-state index is 14.0. The molecule has 0 bridgehead atoms. The zero-order valence-electron chi connectivity index (χ0n) is 17.0. The molecular weight excluding hydrogens is 497 g/mol. The summed E-state index contributed by atoms with van der Waals surface area (Å²) in [5.74, 6) is 0.459. The van der Waals surface area contributed by atoms with E-state index in [0.717, 1.165) is 24.6 Å². The van der Waals surface area contributed by atoms with E-state index in [0.29, 0.717) is 44.2 Å². The first-order valence-electron chi connectivity index (χ1n) is 9.34. The first-order chi connectivity index (χ1) is 12.7. The van der Waals surface area contributed by atoms with Crippen molar-refractivity contribution in [3.63, 3.8) is 0 Å². The van der Waals surface area contributed by atoms with Gasteiger partial charge in [0.2, 0.25) is 0 Å². The van der Waals surface area contributed by atoms with Crippen molar-refractivity contribution in [2.24, 2.45) is 4.99 Å². The van der Waals surface area contributed by atoms with Gasteiger partial charge in [-0.05, 0) is 39.8 Å². The van der Waals surface area contributed by atoms with Gasteiger partial charge in [0.1, 0.15) is 11.6 Å². The summed E-state index contributed by atoms with van der Waals surface area (Å²) in [6.45, 7) is 11.6. The Labute approximate surface area is 186 Å². The highest BCUT2D eigenvalue weighted by Gasteiger charge is 2.23. The molecule has 0 aliphatic carbocycles. The molecule has 1 aromatic carbocycles. The molecule has 0 saturated carbocycles. The minimum atomic E-state index is -0.937. The highest BCUT2D eigenvalue weighted by Crippen LogP contribution is 2.22. The zero-order chi connectivity index (χ0) is 20.0. The Morgan fingerprint density at radius 2 is 1.86 bits per heavy atom. The molecule has 28 heavy (non-hydrogen) atoms. The number of guanidine groups is 1. The van der Waals surface area contributed by atoms with Crippen molar-refractivity contribution in [2.75, 3.05) is 49.9 Å². The summed E-state index contributed by atoms with van der Waals surface area (Å²) in [4.78, 5) is 8.57. The monoisotopic (exact) mass is 528 g/mol. The number of nitrogens with one attached hydrogen (secondary N) is 1. The molecule has 5 nitrogen and oxygen atoms in total. The number of halogens is 3. The van der Waals surface area contributed by atoms with Gasteiger partial charge in [0.15, 0.2) is 5.96 Å². The standard InChI is InChI=1S/C19H30F2N4OS.HI/c1-5-22-18(23-8-13-27(26)19(2,3)4)25-11-9-24(10-12-25)17-14-15(20)6-7-16(17)21;/h6-7,14H,5,8-13H2,1-4H3,(H,22,23);1H. The quantitative estimate of drug-likeness (QED) is 0.363. The second-order valence-corrected chi connectivity index (χ2v) is 9.79. The smallest absolute Gasteiger partial charge is 0.194 e. The van der Waals surface area contributed by atoms with Gasteiger partial charge in [-0.1, -0.05) is 0 Å². The summed E-state index contributed by atoms with van der Waals surface area (Å²) in [5, 5.41) is 3.26. The van der Waals surface area contributed by atoms with Gasteiger partial charge in [0.25, 0.3) is 0 Å². The van der Waals surface area contributed by atoms with Crippen molar-refractivity contribution < 1.29 is 13.0 Å². The first-order valence-corrected chi connectivity index (χ1v) is 10.7. The highest BCUT2D eigenvalue weighted by atomic mass is 127. The Balaban J connectivity index is 0.00000392. The lowest BCUT2D eigenvalue weighted by Crippen LogP contribution is -2.52. The van der Waals surface area contributed by atoms with Gasteiger partial charge in [-0.2, -0.15) is 0 Å². The number of nitrogens with zero attached hydrogens (tertiary/aromatic N) is 3. The Bertz CT molecular complexity index is 689. The van der Waals surface area contributed by atoms with Crippen LogP contribution < -0.4 is 10.2 Å². The second kappa shape index (κ2) is 11.3. The maximum atomic E-state index is 14.0. The molecule has 1 aromatic rings. The van der Waals surface area contributed by atoms with Gasteiger partial charge >= 0.3 is 0 Å². The van der Waals surface area contributed by atoms with E-state index in [2.05, 4.69) is 15.2 Å². The molecule has 1 atom stereocenters. The summed E-state index contributed by atoms with van der Waals surface area (Å²) >= 11 is 0. The SMILES string of the molecule is CCNC(=NCCS(=O)C(C)(C)C)N1CCN(c2cc(F)ccc2F)CC1.I. The number of piperazine rings is 1. The molecule has 1 unspecified atom stereocenters. The van der Waals surface area contributed by atoms with Crippen LogP contribution in [-0.2, 0) is 10.8 Å². The van der Waals surface area contributed by atoms with E-state index >= 15 is 0 Å². The molecule has 1 aliphatic heterocycles. The average Bonchev–Trinajstić information content (AvgIpc) is 2.62. The molecule has 1 fully saturated rings. The molecule has 2 rings (SSSR count). The molecule has 160 valence electrons. The van der Waals surface area contributed by atoms with Gasteiger partial charge in [0.05, 0.1) is 12.2 Å². The van der Waals surface area contributed by atoms with Crippen LogP contribution in [-0.4, -0.2) is 64.8 Å². The summed E-state index contributed by atoms with van der Waals surface area (Å²) in [6.07, 6.45) is 0. The maximum Gasteiger partial charge on any atom is 0.194 e. The van der Waals surface area contributed by atoms with Crippen molar-refractivity contribution in [1.82, 2.24) is 10.2 Å². The van der Waals surface area contributed by atoms with Crippen LogP contribution in [0.25, 0.3) is 0 Å². The molecular formula is C19H31F2IN4OS. The molecule has 0 radical (unpaired) electrons. The Kier molecular flexibility index (Phi) is 10.1. The number of aliphatic imine (C=N–C) groups is 1. The fourth-order valence-corrected chi connectivity index (χ4v) is 3.72. The zero-order valence-corrected chi connectivity index (χ0v) is 20.2. The first kappa shape index (κ1) is 25.1. The lowest BCUT2D eigenvalue weighted by atomic mass is 10.2. The molecule has 9 heteroatoms. The van der Waals surface area contributed by atoms with Gasteiger partial charge in [-0.3, -0.25) is 9.20 Å². The molecule has 1 aliphatic rings. The lowest BCUT2D eigenvalue weighted by molar-refractivity contribution is 0.371. The van der Waals surface area contributed by atoms with Crippen molar-refractivity contribution in [3.05, 3.63) is 29.8 Å². The van der Waals surface area contributed by atoms with Crippen LogP contribution in [0.5, 0.6) is 0 Å². The number of hydrogen-bond donors (Lipinski definition) is 1. The molecule has 0 amide bonds. The van der Waals surface area contributed by atoms with E-state index in [1.807, 2.05) is 32.6 Å².